The van der Waals surface area contributed by atoms with Crippen LogP contribution >= 0.6 is 0 Å². The lowest BCUT2D eigenvalue weighted by molar-refractivity contribution is 0.518. The highest BCUT2D eigenvalue weighted by atomic mass is 15.2. The summed E-state index contributed by atoms with van der Waals surface area (Å²) in [5.41, 5.74) is 2.99. The van der Waals surface area contributed by atoms with E-state index in [9.17, 15) is 0 Å². The fourth-order valence-corrected chi connectivity index (χ4v) is 2.65. The molecule has 1 aliphatic rings. The van der Waals surface area contributed by atoms with E-state index in [-0.39, 0.29) is 0 Å². The number of aryl methyl sites for hydroxylation is 2. The molecule has 1 unspecified atom stereocenters. The van der Waals surface area contributed by atoms with E-state index in [0.717, 1.165) is 25.2 Å². The number of nitrogens with zero attached hydrogens (tertiary/aromatic N) is 2. The number of hydrogen-bond donors (Lipinski definition) is 2. The first kappa shape index (κ1) is 11.4. The lowest BCUT2D eigenvalue weighted by Crippen LogP contribution is -2.20. The Morgan fingerprint density at radius 3 is 3.17 bits per heavy atom. The first-order valence-corrected chi connectivity index (χ1v) is 6.59. The SMILES string of the molecule is c1ccc2c(c1)CCC2NCCCc1ncn[nH]1. The highest BCUT2D eigenvalue weighted by Crippen LogP contribution is 2.30. The van der Waals surface area contributed by atoms with Crippen molar-refractivity contribution < 1.29 is 0 Å². The van der Waals surface area contributed by atoms with Gasteiger partial charge in [0, 0.05) is 12.5 Å². The minimum atomic E-state index is 0.538. The van der Waals surface area contributed by atoms with E-state index < -0.39 is 0 Å². The summed E-state index contributed by atoms with van der Waals surface area (Å²) in [5, 5.41) is 10.4. The predicted octanol–water partition coefficient (Wildman–Crippen LogP) is 2.01. The molecule has 1 aliphatic carbocycles. The monoisotopic (exact) mass is 242 g/mol. The molecule has 0 saturated heterocycles. The van der Waals surface area contributed by atoms with Crippen LogP contribution in [0.25, 0.3) is 0 Å². The van der Waals surface area contributed by atoms with Crippen LogP contribution in [-0.4, -0.2) is 21.7 Å². The van der Waals surface area contributed by atoms with E-state index in [2.05, 4.69) is 44.8 Å². The minimum Gasteiger partial charge on any atom is -0.310 e. The number of nitrogens with one attached hydrogen (secondary N) is 2. The Hall–Kier alpha value is -1.68. The Morgan fingerprint density at radius 1 is 1.33 bits per heavy atom. The summed E-state index contributed by atoms with van der Waals surface area (Å²) in [7, 11) is 0. The van der Waals surface area contributed by atoms with Crippen molar-refractivity contribution in [2.24, 2.45) is 0 Å². The normalized spacial score (nSPS) is 17.9. The van der Waals surface area contributed by atoms with Crippen molar-refractivity contribution in [1.82, 2.24) is 20.5 Å². The van der Waals surface area contributed by atoms with Gasteiger partial charge in [0.15, 0.2) is 0 Å². The molecule has 0 amide bonds. The predicted molar refractivity (Wildman–Crippen MR) is 70.2 cm³/mol. The van der Waals surface area contributed by atoms with Gasteiger partial charge in [0.05, 0.1) is 0 Å². The maximum Gasteiger partial charge on any atom is 0.137 e. The van der Waals surface area contributed by atoms with Crippen LogP contribution in [0.3, 0.4) is 0 Å². The molecule has 94 valence electrons. The van der Waals surface area contributed by atoms with Gasteiger partial charge in [-0.2, -0.15) is 5.10 Å². The van der Waals surface area contributed by atoms with Crippen molar-refractivity contribution in [2.45, 2.75) is 31.7 Å². The molecule has 3 rings (SSSR count). The minimum absolute atomic E-state index is 0.538. The lowest BCUT2D eigenvalue weighted by Gasteiger charge is -2.13. The summed E-state index contributed by atoms with van der Waals surface area (Å²) in [5.74, 6) is 0.976. The highest BCUT2D eigenvalue weighted by Gasteiger charge is 2.20. The second kappa shape index (κ2) is 5.31. The van der Waals surface area contributed by atoms with Crippen LogP contribution in [0, 0.1) is 0 Å². The van der Waals surface area contributed by atoms with E-state index in [1.807, 2.05) is 0 Å². The second-order valence-corrected chi connectivity index (χ2v) is 4.78. The number of aromatic nitrogens is 3. The van der Waals surface area contributed by atoms with Gasteiger partial charge in [-0.3, -0.25) is 5.10 Å². The molecule has 0 fully saturated rings. The summed E-state index contributed by atoms with van der Waals surface area (Å²) < 4.78 is 0. The van der Waals surface area contributed by atoms with E-state index >= 15 is 0 Å². The number of fused-ring (bicyclic) bond motifs is 1. The Kier molecular flexibility index (Phi) is 3.37. The first-order valence-electron chi connectivity index (χ1n) is 6.59. The number of benzene rings is 1. The van der Waals surface area contributed by atoms with Crippen molar-refractivity contribution in [1.29, 1.82) is 0 Å². The third-order valence-corrected chi connectivity index (χ3v) is 3.58. The van der Waals surface area contributed by atoms with Gasteiger partial charge in [-0.15, -0.1) is 0 Å². The fourth-order valence-electron chi connectivity index (χ4n) is 2.65. The molecule has 4 heteroatoms. The van der Waals surface area contributed by atoms with Gasteiger partial charge >= 0.3 is 0 Å². The summed E-state index contributed by atoms with van der Waals surface area (Å²) in [6, 6.07) is 9.29. The van der Waals surface area contributed by atoms with Crippen LogP contribution < -0.4 is 5.32 Å². The quantitative estimate of drug-likeness (QED) is 0.789. The van der Waals surface area contributed by atoms with Crippen LogP contribution in [0.4, 0.5) is 0 Å². The molecule has 18 heavy (non-hydrogen) atoms. The zero-order valence-corrected chi connectivity index (χ0v) is 10.4. The summed E-state index contributed by atoms with van der Waals surface area (Å²) in [6.07, 6.45) is 6.04. The molecule has 1 atom stereocenters. The van der Waals surface area contributed by atoms with Crippen LogP contribution in [0.2, 0.25) is 0 Å². The van der Waals surface area contributed by atoms with Crippen LogP contribution in [-0.2, 0) is 12.8 Å². The molecule has 1 heterocycles. The number of aromatic amines is 1. The zero-order valence-electron chi connectivity index (χ0n) is 10.4. The van der Waals surface area contributed by atoms with Gasteiger partial charge in [-0.05, 0) is 36.9 Å². The van der Waals surface area contributed by atoms with Crippen LogP contribution in [0.15, 0.2) is 30.6 Å². The van der Waals surface area contributed by atoms with Crippen LogP contribution in [0.5, 0.6) is 0 Å². The van der Waals surface area contributed by atoms with E-state index in [1.54, 1.807) is 6.33 Å². The van der Waals surface area contributed by atoms with Crippen molar-refractivity contribution in [3.63, 3.8) is 0 Å². The van der Waals surface area contributed by atoms with E-state index in [0.29, 0.717) is 6.04 Å². The molecule has 0 spiro atoms. The van der Waals surface area contributed by atoms with Gasteiger partial charge in [0.1, 0.15) is 12.2 Å². The first-order chi connectivity index (χ1) is 8.93. The van der Waals surface area contributed by atoms with E-state index in [4.69, 9.17) is 0 Å². The van der Waals surface area contributed by atoms with Gasteiger partial charge in [0.2, 0.25) is 0 Å². The lowest BCUT2D eigenvalue weighted by atomic mass is 10.1. The van der Waals surface area contributed by atoms with Gasteiger partial charge in [-0.25, -0.2) is 4.98 Å². The largest absolute Gasteiger partial charge is 0.310 e. The number of rotatable bonds is 5. The molecule has 0 bridgehead atoms. The standard InChI is InChI=1S/C14H18N4/c1-2-5-12-11(4-1)7-8-13(12)15-9-3-6-14-16-10-17-18-14/h1-2,4-5,10,13,15H,3,6-9H2,(H,16,17,18). The molecule has 2 N–H and O–H groups in total. The number of H-pyrrole nitrogens is 1. The molecule has 0 radical (unpaired) electrons. The second-order valence-electron chi connectivity index (χ2n) is 4.78. The summed E-state index contributed by atoms with van der Waals surface area (Å²) in [4.78, 5) is 4.13. The number of hydrogen-bond acceptors (Lipinski definition) is 3. The third kappa shape index (κ3) is 2.43. The molecular weight excluding hydrogens is 224 g/mol. The molecule has 1 aromatic heterocycles. The van der Waals surface area contributed by atoms with Crippen molar-refractivity contribution >= 4 is 0 Å². The van der Waals surface area contributed by atoms with E-state index in [1.165, 1.54) is 24.0 Å². The summed E-state index contributed by atoms with van der Waals surface area (Å²) >= 11 is 0. The zero-order chi connectivity index (χ0) is 12.2. The molecular formula is C14H18N4. The summed E-state index contributed by atoms with van der Waals surface area (Å²) in [6.45, 7) is 1.03. The Morgan fingerprint density at radius 2 is 2.28 bits per heavy atom. The van der Waals surface area contributed by atoms with Crippen molar-refractivity contribution in [2.75, 3.05) is 6.54 Å². The van der Waals surface area contributed by atoms with Gasteiger partial charge in [-0.1, -0.05) is 24.3 Å². The Bertz CT molecular complexity index is 492. The average molecular weight is 242 g/mol. The van der Waals surface area contributed by atoms with Gasteiger partial charge in [0.25, 0.3) is 0 Å². The third-order valence-electron chi connectivity index (χ3n) is 3.58. The van der Waals surface area contributed by atoms with Crippen LogP contribution in [0.1, 0.15) is 35.8 Å². The molecule has 2 aromatic rings. The maximum absolute atomic E-state index is 4.13. The Labute approximate surface area is 107 Å². The average Bonchev–Trinajstić information content (AvgIpc) is 3.04. The Balaban J connectivity index is 1.47. The molecule has 4 nitrogen and oxygen atoms in total. The fraction of sp³-hybridized carbons (Fsp3) is 0.429. The smallest absolute Gasteiger partial charge is 0.137 e. The maximum atomic E-state index is 4.13. The molecule has 0 saturated carbocycles. The highest BCUT2D eigenvalue weighted by molar-refractivity contribution is 5.34. The van der Waals surface area contributed by atoms with Gasteiger partial charge < -0.3 is 5.32 Å². The topological polar surface area (TPSA) is 53.6 Å². The molecule has 0 aliphatic heterocycles. The van der Waals surface area contributed by atoms with Crippen molar-refractivity contribution in [3.05, 3.63) is 47.5 Å². The molecule has 1 aromatic carbocycles. The van der Waals surface area contributed by atoms with Crippen molar-refractivity contribution in [3.8, 4) is 0 Å².